The molecule has 1 N–H and O–H groups in total. The first-order chi connectivity index (χ1) is 9.77. The number of unbranched alkanes of at least 4 members (excludes halogenated alkanes) is 4. The standard InChI is InChI=1S/C18H30ClN/c1-3-5-6-7-8-11-16(15-20-4-2)14-17-12-9-10-13-18(17)19/h9-10,12-13,16,20H,3-8,11,14-15H2,1-2H3. The average Bonchev–Trinajstić information content (AvgIpc) is 2.46. The van der Waals surface area contributed by atoms with Crippen LogP contribution in [0.5, 0.6) is 0 Å². The summed E-state index contributed by atoms with van der Waals surface area (Å²) in [4.78, 5) is 0. The van der Waals surface area contributed by atoms with Gasteiger partial charge in [-0.2, -0.15) is 0 Å². The van der Waals surface area contributed by atoms with E-state index >= 15 is 0 Å². The second-order valence-electron chi connectivity index (χ2n) is 5.67. The molecule has 0 amide bonds. The van der Waals surface area contributed by atoms with E-state index in [-0.39, 0.29) is 0 Å². The van der Waals surface area contributed by atoms with Gasteiger partial charge in [0.05, 0.1) is 0 Å². The maximum absolute atomic E-state index is 6.28. The van der Waals surface area contributed by atoms with Gasteiger partial charge in [-0.3, -0.25) is 0 Å². The topological polar surface area (TPSA) is 12.0 Å². The Morgan fingerprint density at radius 3 is 2.50 bits per heavy atom. The summed E-state index contributed by atoms with van der Waals surface area (Å²) in [6.45, 7) is 6.60. The Balaban J connectivity index is 2.41. The Kier molecular flexibility index (Phi) is 9.78. The zero-order valence-electron chi connectivity index (χ0n) is 13.1. The summed E-state index contributed by atoms with van der Waals surface area (Å²) in [6, 6.07) is 8.27. The third-order valence-electron chi connectivity index (χ3n) is 3.87. The molecule has 0 aromatic heterocycles. The summed E-state index contributed by atoms with van der Waals surface area (Å²) in [5.74, 6) is 0.705. The molecule has 0 spiro atoms. The average molecular weight is 296 g/mol. The zero-order chi connectivity index (χ0) is 14.6. The summed E-state index contributed by atoms with van der Waals surface area (Å²) < 4.78 is 0. The van der Waals surface area contributed by atoms with Gasteiger partial charge in [0.25, 0.3) is 0 Å². The van der Waals surface area contributed by atoms with Gasteiger partial charge in [-0.1, -0.05) is 75.8 Å². The highest BCUT2D eigenvalue weighted by molar-refractivity contribution is 6.31. The molecule has 1 rings (SSSR count). The molecule has 0 bridgehead atoms. The lowest BCUT2D eigenvalue weighted by molar-refractivity contribution is 0.424. The molecule has 0 radical (unpaired) electrons. The Bertz CT molecular complexity index is 351. The van der Waals surface area contributed by atoms with E-state index in [9.17, 15) is 0 Å². The lowest BCUT2D eigenvalue weighted by atomic mass is 9.93. The fraction of sp³-hybridized carbons (Fsp3) is 0.667. The van der Waals surface area contributed by atoms with Crippen LogP contribution in [0.15, 0.2) is 24.3 Å². The maximum Gasteiger partial charge on any atom is 0.0438 e. The predicted molar refractivity (Wildman–Crippen MR) is 90.6 cm³/mol. The lowest BCUT2D eigenvalue weighted by Gasteiger charge is -2.18. The van der Waals surface area contributed by atoms with Crippen molar-refractivity contribution in [3.63, 3.8) is 0 Å². The Hall–Kier alpha value is -0.530. The van der Waals surface area contributed by atoms with E-state index in [0.717, 1.165) is 24.5 Å². The van der Waals surface area contributed by atoms with Gasteiger partial charge < -0.3 is 5.32 Å². The first-order valence-electron chi connectivity index (χ1n) is 8.22. The summed E-state index contributed by atoms with van der Waals surface area (Å²) in [5, 5.41) is 4.41. The number of hydrogen-bond donors (Lipinski definition) is 1. The third-order valence-corrected chi connectivity index (χ3v) is 4.23. The normalized spacial score (nSPS) is 12.6. The van der Waals surface area contributed by atoms with Crippen molar-refractivity contribution in [2.24, 2.45) is 5.92 Å². The Morgan fingerprint density at radius 1 is 1.05 bits per heavy atom. The van der Waals surface area contributed by atoms with E-state index in [2.05, 4.69) is 31.3 Å². The van der Waals surface area contributed by atoms with E-state index in [4.69, 9.17) is 11.6 Å². The molecule has 2 heteroatoms. The minimum Gasteiger partial charge on any atom is -0.317 e. The van der Waals surface area contributed by atoms with Gasteiger partial charge in [0.15, 0.2) is 0 Å². The fourth-order valence-corrected chi connectivity index (χ4v) is 2.85. The minimum atomic E-state index is 0.705. The van der Waals surface area contributed by atoms with E-state index < -0.39 is 0 Å². The molecular formula is C18H30ClN. The molecule has 0 fully saturated rings. The van der Waals surface area contributed by atoms with E-state index in [1.54, 1.807) is 0 Å². The number of rotatable bonds is 11. The van der Waals surface area contributed by atoms with Gasteiger partial charge in [-0.05, 0) is 43.5 Å². The lowest BCUT2D eigenvalue weighted by Crippen LogP contribution is -2.24. The monoisotopic (exact) mass is 295 g/mol. The van der Waals surface area contributed by atoms with Crippen molar-refractivity contribution in [1.29, 1.82) is 0 Å². The molecule has 1 aromatic rings. The van der Waals surface area contributed by atoms with Crippen molar-refractivity contribution in [1.82, 2.24) is 5.32 Å². The minimum absolute atomic E-state index is 0.705. The summed E-state index contributed by atoms with van der Waals surface area (Å²) in [5.41, 5.74) is 1.30. The molecule has 1 aromatic carbocycles. The van der Waals surface area contributed by atoms with Gasteiger partial charge >= 0.3 is 0 Å². The Labute approximate surface area is 130 Å². The van der Waals surface area contributed by atoms with Gasteiger partial charge in [-0.25, -0.2) is 0 Å². The molecule has 20 heavy (non-hydrogen) atoms. The molecule has 0 aliphatic rings. The number of halogens is 1. The van der Waals surface area contributed by atoms with Crippen molar-refractivity contribution in [3.05, 3.63) is 34.9 Å². The van der Waals surface area contributed by atoms with Crippen molar-refractivity contribution in [2.75, 3.05) is 13.1 Å². The highest BCUT2D eigenvalue weighted by Crippen LogP contribution is 2.22. The molecule has 0 heterocycles. The van der Waals surface area contributed by atoms with Gasteiger partial charge in [-0.15, -0.1) is 0 Å². The fourth-order valence-electron chi connectivity index (χ4n) is 2.64. The highest BCUT2D eigenvalue weighted by atomic mass is 35.5. The van der Waals surface area contributed by atoms with Crippen molar-refractivity contribution < 1.29 is 0 Å². The van der Waals surface area contributed by atoms with Gasteiger partial charge in [0.2, 0.25) is 0 Å². The van der Waals surface area contributed by atoms with Crippen LogP contribution in [0, 0.1) is 5.92 Å². The number of benzene rings is 1. The van der Waals surface area contributed by atoms with Gasteiger partial charge in [0, 0.05) is 5.02 Å². The van der Waals surface area contributed by atoms with Crippen molar-refractivity contribution in [3.8, 4) is 0 Å². The Morgan fingerprint density at radius 2 is 1.80 bits per heavy atom. The van der Waals surface area contributed by atoms with Crippen LogP contribution in [0.1, 0.15) is 57.9 Å². The van der Waals surface area contributed by atoms with Crippen LogP contribution >= 0.6 is 11.6 Å². The maximum atomic E-state index is 6.28. The first-order valence-corrected chi connectivity index (χ1v) is 8.59. The quantitative estimate of drug-likeness (QED) is 0.534. The summed E-state index contributed by atoms with van der Waals surface area (Å²) >= 11 is 6.28. The van der Waals surface area contributed by atoms with E-state index in [1.807, 2.05) is 12.1 Å². The largest absolute Gasteiger partial charge is 0.317 e. The van der Waals surface area contributed by atoms with Crippen LogP contribution in [0.25, 0.3) is 0 Å². The number of hydrogen-bond acceptors (Lipinski definition) is 1. The van der Waals surface area contributed by atoms with Crippen LogP contribution in [-0.2, 0) is 6.42 Å². The molecular weight excluding hydrogens is 266 g/mol. The van der Waals surface area contributed by atoms with Crippen LogP contribution < -0.4 is 5.32 Å². The van der Waals surface area contributed by atoms with Crippen LogP contribution in [-0.4, -0.2) is 13.1 Å². The molecule has 1 nitrogen and oxygen atoms in total. The molecule has 1 unspecified atom stereocenters. The second kappa shape index (κ2) is 11.2. The smallest absolute Gasteiger partial charge is 0.0438 e. The van der Waals surface area contributed by atoms with Crippen LogP contribution in [0.2, 0.25) is 5.02 Å². The van der Waals surface area contributed by atoms with Crippen LogP contribution in [0.4, 0.5) is 0 Å². The first kappa shape index (κ1) is 17.5. The van der Waals surface area contributed by atoms with E-state index in [0.29, 0.717) is 5.92 Å². The SMILES string of the molecule is CCCCCCCC(CNCC)Cc1ccccc1Cl. The third kappa shape index (κ3) is 7.31. The number of nitrogens with one attached hydrogen (secondary N) is 1. The molecule has 0 aliphatic carbocycles. The van der Waals surface area contributed by atoms with Crippen molar-refractivity contribution in [2.45, 2.75) is 58.8 Å². The predicted octanol–water partition coefficient (Wildman–Crippen LogP) is 5.47. The van der Waals surface area contributed by atoms with Crippen LogP contribution in [0.3, 0.4) is 0 Å². The van der Waals surface area contributed by atoms with E-state index in [1.165, 1.54) is 44.1 Å². The molecule has 0 aliphatic heterocycles. The zero-order valence-corrected chi connectivity index (χ0v) is 13.9. The van der Waals surface area contributed by atoms with Crippen molar-refractivity contribution >= 4 is 11.6 Å². The molecule has 0 saturated heterocycles. The van der Waals surface area contributed by atoms with Gasteiger partial charge in [0.1, 0.15) is 0 Å². The summed E-state index contributed by atoms with van der Waals surface area (Å²) in [7, 11) is 0. The summed E-state index contributed by atoms with van der Waals surface area (Å²) in [6.07, 6.45) is 9.21. The molecule has 114 valence electrons. The molecule has 1 atom stereocenters. The second-order valence-corrected chi connectivity index (χ2v) is 6.08. The highest BCUT2D eigenvalue weighted by Gasteiger charge is 2.11. The molecule has 0 saturated carbocycles.